The van der Waals surface area contributed by atoms with Gasteiger partial charge in [0.2, 0.25) is 5.91 Å². The van der Waals surface area contributed by atoms with Crippen LogP contribution in [0.2, 0.25) is 0 Å². The normalized spacial score (nSPS) is 11.9. The third-order valence-electron chi connectivity index (χ3n) is 2.46. The minimum atomic E-state index is -0.511. The van der Waals surface area contributed by atoms with E-state index >= 15 is 0 Å². The van der Waals surface area contributed by atoms with E-state index in [1.807, 2.05) is 0 Å². The van der Waals surface area contributed by atoms with Crippen LogP contribution in [0.25, 0.3) is 0 Å². The molecule has 20 heavy (non-hydrogen) atoms. The summed E-state index contributed by atoms with van der Waals surface area (Å²) in [6, 6.07) is 5.75. The lowest BCUT2D eigenvalue weighted by molar-refractivity contribution is -0.115. The summed E-state index contributed by atoms with van der Waals surface area (Å²) < 4.78 is 13.0. The standard InChI is InChI=1S/C13H13FN4OS/c1-8(20-13-16-5-2-6-17-13)12(19)18-9-3-4-10(14)11(15)7-9/h2-8H,15H2,1H3,(H,18,19). The third-order valence-corrected chi connectivity index (χ3v) is 3.45. The van der Waals surface area contributed by atoms with Crippen molar-refractivity contribution in [1.29, 1.82) is 0 Å². The Balaban J connectivity index is 1.99. The summed E-state index contributed by atoms with van der Waals surface area (Å²) in [7, 11) is 0. The average Bonchev–Trinajstić information content (AvgIpc) is 2.44. The van der Waals surface area contributed by atoms with E-state index in [9.17, 15) is 9.18 Å². The highest BCUT2D eigenvalue weighted by Crippen LogP contribution is 2.21. The third kappa shape index (κ3) is 3.67. The molecule has 0 aliphatic heterocycles. The molecule has 7 heteroatoms. The molecule has 0 spiro atoms. The zero-order valence-corrected chi connectivity index (χ0v) is 11.5. The van der Waals surface area contributed by atoms with Crippen molar-refractivity contribution in [2.24, 2.45) is 0 Å². The number of anilines is 2. The van der Waals surface area contributed by atoms with Crippen LogP contribution in [-0.4, -0.2) is 21.1 Å². The zero-order chi connectivity index (χ0) is 14.5. The number of nitrogens with one attached hydrogen (secondary N) is 1. The highest BCUT2D eigenvalue weighted by Gasteiger charge is 2.16. The molecule has 0 saturated heterocycles. The van der Waals surface area contributed by atoms with Crippen LogP contribution in [0.3, 0.4) is 0 Å². The van der Waals surface area contributed by atoms with Crippen LogP contribution in [-0.2, 0) is 4.79 Å². The van der Waals surface area contributed by atoms with Crippen molar-refractivity contribution in [3.05, 3.63) is 42.5 Å². The fourth-order valence-electron chi connectivity index (χ4n) is 1.42. The lowest BCUT2D eigenvalue weighted by Crippen LogP contribution is -2.22. The number of amides is 1. The number of thioether (sulfide) groups is 1. The molecule has 1 aromatic carbocycles. The number of halogens is 1. The lowest BCUT2D eigenvalue weighted by Gasteiger charge is -2.11. The Kier molecular flexibility index (Phi) is 4.52. The predicted molar refractivity (Wildman–Crippen MR) is 76.8 cm³/mol. The maximum atomic E-state index is 13.0. The molecule has 1 atom stereocenters. The van der Waals surface area contributed by atoms with E-state index in [1.165, 1.54) is 30.0 Å². The fourth-order valence-corrected chi connectivity index (χ4v) is 2.15. The summed E-state index contributed by atoms with van der Waals surface area (Å²) in [4.78, 5) is 20.1. The number of benzene rings is 1. The molecule has 2 aromatic rings. The molecule has 2 rings (SSSR count). The number of aromatic nitrogens is 2. The maximum Gasteiger partial charge on any atom is 0.237 e. The molecule has 0 aliphatic carbocycles. The van der Waals surface area contributed by atoms with Crippen molar-refractivity contribution in [1.82, 2.24) is 9.97 Å². The second-order valence-corrected chi connectivity index (χ2v) is 5.32. The van der Waals surface area contributed by atoms with Gasteiger partial charge in [-0.05, 0) is 31.2 Å². The van der Waals surface area contributed by atoms with Crippen LogP contribution in [0.15, 0.2) is 41.8 Å². The minimum absolute atomic E-state index is 0.00509. The highest BCUT2D eigenvalue weighted by molar-refractivity contribution is 8.00. The number of nitrogens with zero attached hydrogens (tertiary/aromatic N) is 2. The van der Waals surface area contributed by atoms with E-state index in [4.69, 9.17) is 5.73 Å². The van der Waals surface area contributed by atoms with Crippen LogP contribution in [0.1, 0.15) is 6.92 Å². The minimum Gasteiger partial charge on any atom is -0.396 e. The van der Waals surface area contributed by atoms with Crippen LogP contribution < -0.4 is 11.1 Å². The maximum absolute atomic E-state index is 13.0. The zero-order valence-electron chi connectivity index (χ0n) is 10.7. The number of hydrogen-bond donors (Lipinski definition) is 2. The molecular formula is C13H13FN4OS. The van der Waals surface area contributed by atoms with Gasteiger partial charge in [-0.2, -0.15) is 0 Å². The van der Waals surface area contributed by atoms with Gasteiger partial charge in [0, 0.05) is 18.1 Å². The Morgan fingerprint density at radius 1 is 1.40 bits per heavy atom. The lowest BCUT2D eigenvalue weighted by atomic mass is 10.2. The van der Waals surface area contributed by atoms with Gasteiger partial charge in [-0.3, -0.25) is 4.79 Å². The summed E-state index contributed by atoms with van der Waals surface area (Å²) in [6.07, 6.45) is 3.22. The van der Waals surface area contributed by atoms with Gasteiger partial charge in [-0.1, -0.05) is 11.8 Å². The molecule has 0 fully saturated rings. The van der Waals surface area contributed by atoms with E-state index in [-0.39, 0.29) is 16.8 Å². The molecule has 1 aromatic heterocycles. The van der Waals surface area contributed by atoms with E-state index in [0.717, 1.165) is 0 Å². The van der Waals surface area contributed by atoms with Crippen LogP contribution in [0, 0.1) is 5.82 Å². The quantitative estimate of drug-likeness (QED) is 0.513. The topological polar surface area (TPSA) is 80.9 Å². The van der Waals surface area contributed by atoms with Crippen LogP contribution in [0.4, 0.5) is 15.8 Å². The smallest absolute Gasteiger partial charge is 0.237 e. The van der Waals surface area contributed by atoms with E-state index in [2.05, 4.69) is 15.3 Å². The SMILES string of the molecule is CC(Sc1ncccn1)C(=O)Nc1ccc(F)c(N)c1. The Bertz CT molecular complexity index is 609. The van der Waals surface area contributed by atoms with Crippen LogP contribution >= 0.6 is 11.8 Å². The molecule has 3 N–H and O–H groups in total. The molecule has 5 nitrogen and oxygen atoms in total. The molecule has 0 aliphatic rings. The van der Waals surface area contributed by atoms with Gasteiger partial charge < -0.3 is 11.1 Å². The van der Waals surface area contributed by atoms with Crippen molar-refractivity contribution in [2.75, 3.05) is 11.1 Å². The number of nitrogens with two attached hydrogens (primary N) is 1. The number of carbonyl (C=O) groups is 1. The molecule has 0 saturated carbocycles. The van der Waals surface area contributed by atoms with Crippen molar-refractivity contribution in [3.8, 4) is 0 Å². The monoisotopic (exact) mass is 292 g/mol. The van der Waals surface area contributed by atoms with Crippen molar-refractivity contribution in [2.45, 2.75) is 17.3 Å². The van der Waals surface area contributed by atoms with Crippen molar-refractivity contribution in [3.63, 3.8) is 0 Å². The highest BCUT2D eigenvalue weighted by atomic mass is 32.2. The molecule has 0 radical (unpaired) electrons. The van der Waals surface area contributed by atoms with Crippen LogP contribution in [0.5, 0.6) is 0 Å². The van der Waals surface area contributed by atoms with Gasteiger partial charge in [-0.15, -0.1) is 0 Å². The first-order valence-electron chi connectivity index (χ1n) is 5.86. The number of carbonyl (C=O) groups excluding carboxylic acids is 1. The van der Waals surface area contributed by atoms with Gasteiger partial charge in [-0.25, -0.2) is 14.4 Å². The second-order valence-electron chi connectivity index (χ2n) is 4.02. The summed E-state index contributed by atoms with van der Waals surface area (Å²) in [6.45, 7) is 1.74. The number of nitrogen functional groups attached to an aromatic ring is 1. The largest absolute Gasteiger partial charge is 0.396 e. The van der Waals surface area contributed by atoms with Crippen molar-refractivity contribution >= 4 is 29.0 Å². The molecule has 1 unspecified atom stereocenters. The summed E-state index contributed by atoms with van der Waals surface area (Å²) in [5, 5.41) is 2.80. The Labute approximate surface area is 119 Å². The van der Waals surface area contributed by atoms with Crippen molar-refractivity contribution < 1.29 is 9.18 Å². The first-order chi connectivity index (χ1) is 9.56. The van der Waals surface area contributed by atoms with Gasteiger partial charge in [0.15, 0.2) is 5.16 Å². The van der Waals surface area contributed by atoms with Gasteiger partial charge in [0.25, 0.3) is 0 Å². The van der Waals surface area contributed by atoms with Gasteiger partial charge in [0.1, 0.15) is 5.82 Å². The molecule has 104 valence electrons. The first kappa shape index (κ1) is 14.3. The van der Waals surface area contributed by atoms with E-state index in [1.54, 1.807) is 25.4 Å². The Morgan fingerprint density at radius 3 is 2.75 bits per heavy atom. The Morgan fingerprint density at radius 2 is 2.10 bits per heavy atom. The summed E-state index contributed by atoms with van der Waals surface area (Å²) >= 11 is 1.24. The second kappa shape index (κ2) is 6.33. The summed E-state index contributed by atoms with van der Waals surface area (Å²) in [5.74, 6) is -0.739. The number of rotatable bonds is 4. The van der Waals surface area contributed by atoms with Gasteiger partial charge >= 0.3 is 0 Å². The van der Waals surface area contributed by atoms with E-state index in [0.29, 0.717) is 10.8 Å². The molecule has 1 heterocycles. The number of hydrogen-bond acceptors (Lipinski definition) is 5. The Hall–Kier alpha value is -2.15. The van der Waals surface area contributed by atoms with Gasteiger partial charge in [0.05, 0.1) is 10.9 Å². The molecular weight excluding hydrogens is 279 g/mol. The molecule has 0 bridgehead atoms. The average molecular weight is 292 g/mol. The first-order valence-corrected chi connectivity index (χ1v) is 6.74. The predicted octanol–water partition coefficient (Wildman–Crippen LogP) is 2.32. The van der Waals surface area contributed by atoms with E-state index < -0.39 is 5.82 Å². The molecule has 1 amide bonds. The summed E-state index contributed by atoms with van der Waals surface area (Å²) in [5.41, 5.74) is 5.89. The fraction of sp³-hybridized carbons (Fsp3) is 0.154.